The van der Waals surface area contributed by atoms with Crippen LogP contribution in [0, 0.1) is 0 Å². The molecule has 4 nitrogen and oxygen atoms in total. The second kappa shape index (κ2) is 5.67. The zero-order valence-corrected chi connectivity index (χ0v) is 11.8. The summed E-state index contributed by atoms with van der Waals surface area (Å²) >= 11 is 0. The number of methoxy groups -OCH3 is 1. The molecule has 1 aliphatic heterocycles. The Hall–Kier alpha value is -1.81. The van der Waals surface area contributed by atoms with Crippen LogP contribution in [0.2, 0.25) is 0 Å². The SMILES string of the molecule is COC(=O)Cc1cn(C2CCNCC2)c2ccccc12. The van der Waals surface area contributed by atoms with Gasteiger partial charge in [0.05, 0.1) is 13.5 Å². The molecule has 20 heavy (non-hydrogen) atoms. The van der Waals surface area contributed by atoms with E-state index < -0.39 is 0 Å². The lowest BCUT2D eigenvalue weighted by Gasteiger charge is -2.25. The summed E-state index contributed by atoms with van der Waals surface area (Å²) in [6.07, 6.45) is 4.75. The van der Waals surface area contributed by atoms with Crippen molar-refractivity contribution in [3.63, 3.8) is 0 Å². The summed E-state index contributed by atoms with van der Waals surface area (Å²) in [6.45, 7) is 2.12. The Bertz CT molecular complexity index is 612. The molecule has 0 saturated carbocycles. The summed E-state index contributed by atoms with van der Waals surface area (Å²) in [4.78, 5) is 11.6. The summed E-state index contributed by atoms with van der Waals surface area (Å²) in [6, 6.07) is 8.83. The van der Waals surface area contributed by atoms with E-state index in [4.69, 9.17) is 4.74 Å². The van der Waals surface area contributed by atoms with Crippen LogP contribution in [0.15, 0.2) is 30.5 Å². The van der Waals surface area contributed by atoms with E-state index in [0.29, 0.717) is 12.5 Å². The Balaban J connectivity index is 2.01. The fourth-order valence-electron chi connectivity index (χ4n) is 3.03. The van der Waals surface area contributed by atoms with Gasteiger partial charge in [0.1, 0.15) is 0 Å². The first-order valence-electron chi connectivity index (χ1n) is 7.15. The van der Waals surface area contributed by atoms with Crippen molar-refractivity contribution in [2.45, 2.75) is 25.3 Å². The largest absolute Gasteiger partial charge is 0.469 e. The van der Waals surface area contributed by atoms with Gasteiger partial charge < -0.3 is 14.6 Å². The van der Waals surface area contributed by atoms with E-state index in [2.05, 4.69) is 34.3 Å². The van der Waals surface area contributed by atoms with Gasteiger partial charge >= 0.3 is 5.97 Å². The number of carbonyl (C=O) groups excluding carboxylic acids is 1. The molecule has 1 N–H and O–H groups in total. The van der Waals surface area contributed by atoms with Crippen molar-refractivity contribution in [1.82, 2.24) is 9.88 Å². The van der Waals surface area contributed by atoms with Crippen molar-refractivity contribution in [3.05, 3.63) is 36.0 Å². The van der Waals surface area contributed by atoms with Crippen LogP contribution < -0.4 is 5.32 Å². The second-order valence-electron chi connectivity index (χ2n) is 5.31. The van der Waals surface area contributed by atoms with Crippen LogP contribution in [0.5, 0.6) is 0 Å². The minimum absolute atomic E-state index is 0.182. The van der Waals surface area contributed by atoms with Gasteiger partial charge in [0, 0.05) is 23.1 Å². The van der Waals surface area contributed by atoms with E-state index in [9.17, 15) is 4.79 Å². The van der Waals surface area contributed by atoms with Crippen LogP contribution in [-0.2, 0) is 16.0 Å². The van der Waals surface area contributed by atoms with Crippen molar-refractivity contribution in [1.29, 1.82) is 0 Å². The summed E-state index contributed by atoms with van der Waals surface area (Å²) in [7, 11) is 1.44. The summed E-state index contributed by atoms with van der Waals surface area (Å²) in [5.74, 6) is -0.182. The number of piperidine rings is 1. The highest BCUT2D eigenvalue weighted by Crippen LogP contribution is 2.29. The number of benzene rings is 1. The monoisotopic (exact) mass is 272 g/mol. The fraction of sp³-hybridized carbons (Fsp3) is 0.438. The number of para-hydroxylation sites is 1. The van der Waals surface area contributed by atoms with Gasteiger partial charge in [-0.2, -0.15) is 0 Å². The number of hydrogen-bond donors (Lipinski definition) is 1. The molecule has 0 radical (unpaired) electrons. The number of esters is 1. The highest BCUT2D eigenvalue weighted by Gasteiger charge is 2.19. The van der Waals surface area contributed by atoms with Gasteiger partial charge in [-0.25, -0.2) is 0 Å². The summed E-state index contributed by atoms with van der Waals surface area (Å²) in [5.41, 5.74) is 2.28. The summed E-state index contributed by atoms with van der Waals surface area (Å²) < 4.78 is 7.14. The highest BCUT2D eigenvalue weighted by molar-refractivity contribution is 5.88. The minimum Gasteiger partial charge on any atom is -0.469 e. The molecule has 0 amide bonds. The predicted octanol–water partition coefficient (Wildman–Crippen LogP) is 2.28. The van der Waals surface area contributed by atoms with E-state index in [1.165, 1.54) is 12.6 Å². The zero-order chi connectivity index (χ0) is 13.9. The van der Waals surface area contributed by atoms with Crippen LogP contribution in [0.3, 0.4) is 0 Å². The van der Waals surface area contributed by atoms with Crippen molar-refractivity contribution in [2.75, 3.05) is 20.2 Å². The average Bonchev–Trinajstić information content (AvgIpc) is 2.87. The lowest BCUT2D eigenvalue weighted by atomic mass is 10.1. The number of aromatic nitrogens is 1. The average molecular weight is 272 g/mol. The maximum absolute atomic E-state index is 11.6. The Morgan fingerprint density at radius 2 is 2.10 bits per heavy atom. The predicted molar refractivity (Wildman–Crippen MR) is 78.8 cm³/mol. The van der Waals surface area contributed by atoms with Crippen LogP contribution in [0.1, 0.15) is 24.4 Å². The highest BCUT2D eigenvalue weighted by atomic mass is 16.5. The molecule has 1 fully saturated rings. The molecule has 4 heteroatoms. The van der Waals surface area contributed by atoms with Gasteiger partial charge in [-0.05, 0) is 37.6 Å². The molecule has 106 valence electrons. The molecule has 0 bridgehead atoms. The first kappa shape index (κ1) is 13.2. The van der Waals surface area contributed by atoms with Crippen molar-refractivity contribution < 1.29 is 9.53 Å². The molecule has 1 aromatic heterocycles. The second-order valence-corrected chi connectivity index (χ2v) is 5.31. The fourth-order valence-corrected chi connectivity index (χ4v) is 3.03. The topological polar surface area (TPSA) is 43.3 Å². The quantitative estimate of drug-likeness (QED) is 0.872. The Morgan fingerprint density at radius 1 is 1.35 bits per heavy atom. The molecular weight excluding hydrogens is 252 g/mol. The third kappa shape index (κ3) is 2.43. The maximum atomic E-state index is 11.6. The lowest BCUT2D eigenvalue weighted by Crippen LogP contribution is -2.29. The standard InChI is InChI=1S/C16H20N2O2/c1-20-16(19)10-12-11-18(13-6-8-17-9-7-13)15-5-3-2-4-14(12)15/h2-5,11,13,17H,6-10H2,1H3. The number of hydrogen-bond acceptors (Lipinski definition) is 3. The first-order chi connectivity index (χ1) is 9.79. The molecular formula is C16H20N2O2. The molecule has 0 unspecified atom stereocenters. The molecule has 2 heterocycles. The third-order valence-electron chi connectivity index (χ3n) is 4.09. The number of carbonyl (C=O) groups is 1. The number of nitrogens with one attached hydrogen (secondary N) is 1. The number of fused-ring (bicyclic) bond motifs is 1. The number of rotatable bonds is 3. The van der Waals surface area contributed by atoms with Crippen LogP contribution in [0.4, 0.5) is 0 Å². The van der Waals surface area contributed by atoms with Gasteiger partial charge in [0.25, 0.3) is 0 Å². The Kier molecular flexibility index (Phi) is 3.74. The molecule has 0 atom stereocenters. The minimum atomic E-state index is -0.182. The van der Waals surface area contributed by atoms with Gasteiger partial charge in [-0.3, -0.25) is 4.79 Å². The van der Waals surface area contributed by atoms with Crippen molar-refractivity contribution in [3.8, 4) is 0 Å². The molecule has 1 aromatic carbocycles. The summed E-state index contributed by atoms with van der Waals surface area (Å²) in [5, 5.41) is 4.56. The van der Waals surface area contributed by atoms with Gasteiger partial charge in [-0.15, -0.1) is 0 Å². The molecule has 1 saturated heterocycles. The van der Waals surface area contributed by atoms with Crippen LogP contribution in [-0.4, -0.2) is 30.7 Å². The van der Waals surface area contributed by atoms with Gasteiger partial charge in [0.15, 0.2) is 0 Å². The van der Waals surface area contributed by atoms with E-state index in [1.54, 1.807) is 0 Å². The molecule has 0 aliphatic carbocycles. The van der Waals surface area contributed by atoms with E-state index in [1.807, 2.05) is 6.07 Å². The first-order valence-corrected chi connectivity index (χ1v) is 7.15. The normalized spacial score (nSPS) is 16.4. The van der Waals surface area contributed by atoms with Crippen LogP contribution in [0.25, 0.3) is 10.9 Å². The molecule has 1 aliphatic rings. The third-order valence-corrected chi connectivity index (χ3v) is 4.09. The smallest absolute Gasteiger partial charge is 0.310 e. The Labute approximate surface area is 118 Å². The number of ether oxygens (including phenoxy) is 1. The van der Waals surface area contributed by atoms with Gasteiger partial charge in [-0.1, -0.05) is 18.2 Å². The molecule has 0 spiro atoms. The maximum Gasteiger partial charge on any atom is 0.310 e. The molecule has 2 aromatic rings. The Morgan fingerprint density at radius 3 is 2.85 bits per heavy atom. The lowest BCUT2D eigenvalue weighted by molar-refractivity contribution is -0.139. The van der Waals surface area contributed by atoms with Crippen molar-refractivity contribution >= 4 is 16.9 Å². The van der Waals surface area contributed by atoms with Crippen molar-refractivity contribution in [2.24, 2.45) is 0 Å². The van der Waals surface area contributed by atoms with Crippen LogP contribution >= 0.6 is 0 Å². The van der Waals surface area contributed by atoms with E-state index in [0.717, 1.165) is 36.9 Å². The zero-order valence-electron chi connectivity index (χ0n) is 11.8. The van der Waals surface area contributed by atoms with Gasteiger partial charge in [0.2, 0.25) is 0 Å². The number of nitrogens with zero attached hydrogens (tertiary/aromatic N) is 1. The molecule has 3 rings (SSSR count). The van der Waals surface area contributed by atoms with E-state index >= 15 is 0 Å². The van der Waals surface area contributed by atoms with E-state index in [-0.39, 0.29) is 5.97 Å².